The number of carbonyl (C=O) groups excluding carboxylic acids is 2. The van der Waals surface area contributed by atoms with Crippen molar-refractivity contribution >= 4 is 11.8 Å². The number of aliphatic hydroxyl groups is 1. The first-order valence-corrected chi connectivity index (χ1v) is 7.98. The predicted octanol–water partition coefficient (Wildman–Crippen LogP) is 1.47. The summed E-state index contributed by atoms with van der Waals surface area (Å²) in [5, 5.41) is 24.5. The van der Waals surface area contributed by atoms with Gasteiger partial charge in [0.25, 0.3) is 0 Å². The summed E-state index contributed by atoms with van der Waals surface area (Å²) in [4.78, 5) is 24.5. The Hall–Kier alpha value is -2.76. The number of allylic oxidation sites excluding steroid dienone is 3. The minimum absolute atomic E-state index is 0.128. The second kappa shape index (κ2) is 6.78. The molecule has 2 aliphatic rings. The van der Waals surface area contributed by atoms with E-state index in [0.29, 0.717) is 25.0 Å². The van der Waals surface area contributed by atoms with Crippen LogP contribution in [0.25, 0.3) is 0 Å². The van der Waals surface area contributed by atoms with Crippen LogP contribution in [0.4, 0.5) is 0 Å². The van der Waals surface area contributed by atoms with E-state index in [1.807, 2.05) is 6.08 Å². The standard InChI is InChI=1S/C18H20N2O4/c21-13-5-1-3-11(7-13)9-15-17(23)20-16(18(24)19-15)10-12-4-2-6-14(22)8-12/h1,3-5,7-8,15-16,21-22H,2,6,9-10H2,(H,19,24)(H,20,23)/t15?,16-/m1/s1. The number of carbonyl (C=O) groups is 2. The van der Waals surface area contributed by atoms with Gasteiger partial charge in [0.15, 0.2) is 0 Å². The van der Waals surface area contributed by atoms with Gasteiger partial charge in [0.2, 0.25) is 11.8 Å². The fourth-order valence-electron chi connectivity index (χ4n) is 3.01. The summed E-state index contributed by atoms with van der Waals surface area (Å²) in [6, 6.07) is 5.34. The number of benzene rings is 1. The SMILES string of the molecule is O=C1N[C@H](CC2=CCCC(O)=C2)C(=O)NC1Cc1cccc(O)c1. The summed E-state index contributed by atoms with van der Waals surface area (Å²) in [7, 11) is 0. The third-order valence-electron chi connectivity index (χ3n) is 4.22. The molecule has 24 heavy (non-hydrogen) atoms. The van der Waals surface area contributed by atoms with E-state index in [4.69, 9.17) is 0 Å². The Bertz CT molecular complexity index is 723. The Morgan fingerprint density at radius 2 is 1.75 bits per heavy atom. The van der Waals surface area contributed by atoms with Gasteiger partial charge in [0, 0.05) is 19.3 Å². The number of aliphatic hydroxyl groups excluding tert-OH is 1. The largest absolute Gasteiger partial charge is 0.512 e. The van der Waals surface area contributed by atoms with Crippen molar-refractivity contribution < 1.29 is 19.8 Å². The van der Waals surface area contributed by atoms with Crippen LogP contribution in [0.15, 0.2) is 47.7 Å². The minimum atomic E-state index is -0.653. The lowest BCUT2D eigenvalue weighted by atomic mass is 9.95. The van der Waals surface area contributed by atoms with Gasteiger partial charge in [0.1, 0.15) is 17.8 Å². The Kier molecular flexibility index (Phi) is 4.55. The average Bonchev–Trinajstić information content (AvgIpc) is 2.52. The van der Waals surface area contributed by atoms with Gasteiger partial charge in [-0.25, -0.2) is 0 Å². The van der Waals surface area contributed by atoms with Gasteiger partial charge in [-0.2, -0.15) is 0 Å². The molecule has 1 aromatic carbocycles. The van der Waals surface area contributed by atoms with Gasteiger partial charge in [0.05, 0.1) is 5.76 Å². The molecule has 6 heteroatoms. The second-order valence-electron chi connectivity index (χ2n) is 6.15. The highest BCUT2D eigenvalue weighted by Crippen LogP contribution is 2.20. The van der Waals surface area contributed by atoms with E-state index in [-0.39, 0.29) is 17.6 Å². The number of phenolic OH excluding ortho intramolecular Hbond substituents is 1. The zero-order valence-electron chi connectivity index (χ0n) is 13.2. The summed E-state index contributed by atoms with van der Waals surface area (Å²) in [6.07, 6.45) is 5.65. The third-order valence-corrected chi connectivity index (χ3v) is 4.22. The van der Waals surface area contributed by atoms with Crippen molar-refractivity contribution in [3.8, 4) is 5.75 Å². The van der Waals surface area contributed by atoms with E-state index in [9.17, 15) is 19.8 Å². The summed E-state index contributed by atoms with van der Waals surface area (Å²) in [5.74, 6) is -0.0489. The lowest BCUT2D eigenvalue weighted by molar-refractivity contribution is -0.136. The zero-order chi connectivity index (χ0) is 17.1. The average molecular weight is 328 g/mol. The molecule has 1 aromatic rings. The van der Waals surface area contributed by atoms with Crippen molar-refractivity contribution in [2.45, 2.75) is 37.8 Å². The molecule has 126 valence electrons. The Balaban J connectivity index is 1.63. The van der Waals surface area contributed by atoms with Crippen LogP contribution in [0.2, 0.25) is 0 Å². The summed E-state index contributed by atoms with van der Waals surface area (Å²) in [5.41, 5.74) is 1.63. The Morgan fingerprint density at radius 3 is 2.42 bits per heavy atom. The molecule has 1 heterocycles. The molecule has 1 aliphatic carbocycles. The van der Waals surface area contributed by atoms with E-state index in [2.05, 4.69) is 10.6 Å². The minimum Gasteiger partial charge on any atom is -0.512 e. The number of rotatable bonds is 4. The summed E-state index contributed by atoms with van der Waals surface area (Å²) < 4.78 is 0. The molecule has 0 bridgehead atoms. The maximum atomic E-state index is 12.3. The number of amides is 2. The lowest BCUT2D eigenvalue weighted by Gasteiger charge is -2.30. The smallest absolute Gasteiger partial charge is 0.243 e. The maximum absolute atomic E-state index is 12.3. The van der Waals surface area contributed by atoms with Gasteiger partial charge in [-0.1, -0.05) is 18.2 Å². The molecule has 0 spiro atoms. The van der Waals surface area contributed by atoms with Crippen LogP contribution in [0.1, 0.15) is 24.8 Å². The van der Waals surface area contributed by atoms with Gasteiger partial charge >= 0.3 is 0 Å². The van der Waals surface area contributed by atoms with E-state index in [0.717, 1.165) is 17.6 Å². The fourth-order valence-corrected chi connectivity index (χ4v) is 3.01. The monoisotopic (exact) mass is 328 g/mol. The third kappa shape index (κ3) is 3.76. The van der Waals surface area contributed by atoms with Gasteiger partial charge in [-0.3, -0.25) is 9.59 Å². The van der Waals surface area contributed by atoms with E-state index >= 15 is 0 Å². The molecule has 1 unspecified atom stereocenters. The molecular weight excluding hydrogens is 308 g/mol. The van der Waals surface area contributed by atoms with Gasteiger partial charge in [-0.15, -0.1) is 0 Å². The molecule has 0 aromatic heterocycles. The number of aromatic hydroxyl groups is 1. The van der Waals surface area contributed by atoms with Crippen molar-refractivity contribution in [1.82, 2.24) is 10.6 Å². The van der Waals surface area contributed by atoms with Crippen molar-refractivity contribution in [3.05, 3.63) is 53.3 Å². The van der Waals surface area contributed by atoms with Crippen LogP contribution in [-0.2, 0) is 16.0 Å². The zero-order valence-corrected chi connectivity index (χ0v) is 13.2. The van der Waals surface area contributed by atoms with Crippen LogP contribution in [0.5, 0.6) is 5.75 Å². The molecule has 1 aliphatic heterocycles. The molecule has 1 saturated heterocycles. The van der Waals surface area contributed by atoms with Gasteiger partial charge in [-0.05, 0) is 35.8 Å². The number of hydrogen-bond acceptors (Lipinski definition) is 4. The normalized spacial score (nSPS) is 23.8. The van der Waals surface area contributed by atoms with Crippen LogP contribution in [0.3, 0.4) is 0 Å². The topological polar surface area (TPSA) is 98.7 Å². The second-order valence-corrected chi connectivity index (χ2v) is 6.15. The Morgan fingerprint density at radius 1 is 1.04 bits per heavy atom. The highest BCUT2D eigenvalue weighted by Gasteiger charge is 2.33. The first-order chi connectivity index (χ1) is 11.5. The first-order valence-electron chi connectivity index (χ1n) is 7.98. The lowest BCUT2D eigenvalue weighted by Crippen LogP contribution is -2.62. The van der Waals surface area contributed by atoms with Crippen molar-refractivity contribution in [3.63, 3.8) is 0 Å². The molecule has 2 amide bonds. The van der Waals surface area contributed by atoms with E-state index in [1.165, 1.54) is 0 Å². The van der Waals surface area contributed by atoms with Crippen LogP contribution >= 0.6 is 0 Å². The van der Waals surface area contributed by atoms with Gasteiger partial charge < -0.3 is 20.8 Å². The quantitative estimate of drug-likeness (QED) is 0.673. The van der Waals surface area contributed by atoms with Crippen LogP contribution < -0.4 is 10.6 Å². The molecule has 0 saturated carbocycles. The summed E-state index contributed by atoms with van der Waals surface area (Å²) in [6.45, 7) is 0. The molecule has 4 N–H and O–H groups in total. The number of piperazine rings is 1. The Labute approximate surface area is 139 Å². The van der Waals surface area contributed by atoms with E-state index in [1.54, 1.807) is 30.3 Å². The molecule has 1 fully saturated rings. The summed E-state index contributed by atoms with van der Waals surface area (Å²) >= 11 is 0. The molecule has 3 rings (SSSR count). The number of hydrogen-bond donors (Lipinski definition) is 4. The highest BCUT2D eigenvalue weighted by atomic mass is 16.3. The highest BCUT2D eigenvalue weighted by molar-refractivity contribution is 5.97. The molecular formula is C18H20N2O4. The van der Waals surface area contributed by atoms with Crippen LogP contribution in [-0.4, -0.2) is 34.1 Å². The van der Waals surface area contributed by atoms with Crippen molar-refractivity contribution in [2.75, 3.05) is 0 Å². The maximum Gasteiger partial charge on any atom is 0.243 e. The predicted molar refractivity (Wildman–Crippen MR) is 88.3 cm³/mol. The fraction of sp³-hybridized carbons (Fsp3) is 0.333. The van der Waals surface area contributed by atoms with Crippen LogP contribution in [0, 0.1) is 0 Å². The van der Waals surface area contributed by atoms with Crippen molar-refractivity contribution in [1.29, 1.82) is 0 Å². The molecule has 0 radical (unpaired) electrons. The number of phenols is 1. The van der Waals surface area contributed by atoms with Crippen molar-refractivity contribution in [2.24, 2.45) is 0 Å². The molecule has 6 nitrogen and oxygen atoms in total. The van der Waals surface area contributed by atoms with E-state index < -0.39 is 12.1 Å². The number of nitrogens with one attached hydrogen (secondary N) is 2. The molecule has 2 atom stereocenters. The first kappa shape index (κ1) is 16.1.